The maximum atomic E-state index is 13.3. The summed E-state index contributed by atoms with van der Waals surface area (Å²) in [7, 11) is 0. The molecule has 3 N–H and O–H groups in total. The zero-order valence-corrected chi connectivity index (χ0v) is 18.1. The van der Waals surface area contributed by atoms with Gasteiger partial charge < -0.3 is 20.6 Å². The van der Waals surface area contributed by atoms with Crippen molar-refractivity contribution in [2.45, 2.75) is 19.6 Å². The molecule has 0 spiro atoms. The molecule has 0 saturated carbocycles. The molecule has 1 heterocycles. The molecule has 0 aromatic heterocycles. The van der Waals surface area contributed by atoms with Crippen molar-refractivity contribution in [3.05, 3.63) is 58.6 Å². The Morgan fingerprint density at radius 1 is 1.21 bits per heavy atom. The summed E-state index contributed by atoms with van der Waals surface area (Å²) in [6.45, 7) is 6.84. The quantitative estimate of drug-likeness (QED) is 0.592. The van der Waals surface area contributed by atoms with Crippen molar-refractivity contribution in [2.75, 3.05) is 36.4 Å². The second-order valence-corrected chi connectivity index (χ2v) is 7.66. The second kappa shape index (κ2) is 8.94. The molecular weight excluding hydrogens is 436 g/mol. The minimum atomic E-state index is -2.19. The van der Waals surface area contributed by atoms with Crippen LogP contribution in [0.3, 0.4) is 0 Å². The van der Waals surface area contributed by atoms with E-state index in [0.717, 1.165) is 18.0 Å². The van der Waals surface area contributed by atoms with Crippen LogP contribution < -0.4 is 15.5 Å². The van der Waals surface area contributed by atoms with E-state index in [2.05, 4.69) is 45.3 Å². The first-order chi connectivity index (χ1) is 13.9. The summed E-state index contributed by atoms with van der Waals surface area (Å²) in [5.41, 5.74) is -1.08. The van der Waals surface area contributed by atoms with E-state index in [1.54, 1.807) is 48.5 Å². The number of halogens is 1. The number of benzene rings is 2. The molecule has 0 aliphatic carbocycles. The van der Waals surface area contributed by atoms with E-state index in [1.807, 2.05) is 0 Å². The summed E-state index contributed by atoms with van der Waals surface area (Å²) < 4.78 is 0.690. The number of nitrogens with one attached hydrogen (secondary N) is 2. The van der Waals surface area contributed by atoms with Crippen molar-refractivity contribution in [3.63, 3.8) is 0 Å². The fraction of sp³-hybridized carbons (Fsp3) is 0.333. The van der Waals surface area contributed by atoms with Gasteiger partial charge in [0.25, 0.3) is 11.6 Å². The van der Waals surface area contributed by atoms with Gasteiger partial charge in [0, 0.05) is 28.8 Å². The van der Waals surface area contributed by atoms with Crippen LogP contribution in [0, 0.1) is 0 Å². The predicted octanol–water partition coefficient (Wildman–Crippen LogP) is 3.10. The molecule has 0 saturated heterocycles. The van der Waals surface area contributed by atoms with Crippen LogP contribution in [0.5, 0.6) is 0 Å². The molecule has 154 valence electrons. The van der Waals surface area contributed by atoms with Crippen molar-refractivity contribution >= 4 is 39.2 Å². The number of fused-ring (bicyclic) bond motifs is 1. The summed E-state index contributed by atoms with van der Waals surface area (Å²) >= 11 is 3.39. The van der Waals surface area contributed by atoms with Crippen LogP contribution in [0.15, 0.2) is 53.0 Å². The van der Waals surface area contributed by atoms with Gasteiger partial charge in [-0.15, -0.1) is 0 Å². The molecule has 7 nitrogen and oxygen atoms in total. The van der Waals surface area contributed by atoms with Gasteiger partial charge in [-0.2, -0.15) is 0 Å². The van der Waals surface area contributed by atoms with Gasteiger partial charge >= 0.3 is 6.03 Å². The lowest BCUT2D eigenvalue weighted by Gasteiger charge is -2.42. The van der Waals surface area contributed by atoms with E-state index in [-0.39, 0.29) is 0 Å². The molecule has 1 aliphatic rings. The van der Waals surface area contributed by atoms with Gasteiger partial charge in [0.2, 0.25) is 0 Å². The second-order valence-electron chi connectivity index (χ2n) is 6.75. The molecule has 3 rings (SSSR count). The predicted molar refractivity (Wildman–Crippen MR) is 117 cm³/mol. The van der Waals surface area contributed by atoms with Gasteiger partial charge in [-0.3, -0.25) is 9.69 Å². The monoisotopic (exact) mass is 460 g/mol. The van der Waals surface area contributed by atoms with Crippen LogP contribution in [0.25, 0.3) is 0 Å². The molecule has 29 heavy (non-hydrogen) atoms. The number of hydrogen-bond acceptors (Lipinski definition) is 4. The summed E-state index contributed by atoms with van der Waals surface area (Å²) in [5.74, 6) is -0.650. The normalized spacial score (nSPS) is 18.4. The van der Waals surface area contributed by atoms with Crippen LogP contribution in [-0.2, 0) is 10.5 Å². The zero-order valence-electron chi connectivity index (χ0n) is 16.5. The van der Waals surface area contributed by atoms with E-state index in [0.29, 0.717) is 34.5 Å². The largest absolute Gasteiger partial charge is 0.359 e. The molecular formula is C21H25BrN4O3. The number of likely N-dealkylation sites (N-methyl/N-ethyl adjacent to an activating group) is 1. The molecule has 0 unspecified atom stereocenters. The average Bonchev–Trinajstić information content (AvgIpc) is 2.72. The molecule has 0 radical (unpaired) electrons. The van der Waals surface area contributed by atoms with Crippen LogP contribution in [0.4, 0.5) is 16.2 Å². The summed E-state index contributed by atoms with van der Waals surface area (Å²) in [6.07, 6.45) is 0. The highest BCUT2D eigenvalue weighted by molar-refractivity contribution is 9.10. The number of urea groups is 1. The number of rotatable bonds is 7. The first-order valence-electron chi connectivity index (χ1n) is 9.61. The fourth-order valence-electron chi connectivity index (χ4n) is 3.45. The van der Waals surface area contributed by atoms with Gasteiger partial charge in [0.1, 0.15) is 0 Å². The number of nitrogens with zero attached hydrogens (tertiary/aromatic N) is 2. The van der Waals surface area contributed by atoms with Crippen molar-refractivity contribution in [2.24, 2.45) is 0 Å². The number of amides is 3. The summed E-state index contributed by atoms with van der Waals surface area (Å²) in [5, 5.41) is 17.3. The molecule has 2 aromatic rings. The summed E-state index contributed by atoms with van der Waals surface area (Å²) in [4.78, 5) is 29.4. The van der Waals surface area contributed by atoms with Crippen LogP contribution >= 0.6 is 15.9 Å². The third-order valence-electron chi connectivity index (χ3n) is 5.06. The van der Waals surface area contributed by atoms with Crippen LogP contribution in [-0.4, -0.2) is 48.1 Å². The average molecular weight is 461 g/mol. The van der Waals surface area contributed by atoms with E-state index in [9.17, 15) is 14.7 Å². The van der Waals surface area contributed by atoms with Gasteiger partial charge in [0.15, 0.2) is 0 Å². The highest BCUT2D eigenvalue weighted by Crippen LogP contribution is 2.40. The van der Waals surface area contributed by atoms with E-state index in [4.69, 9.17) is 0 Å². The Kier molecular flexibility index (Phi) is 6.56. The Morgan fingerprint density at radius 3 is 2.55 bits per heavy atom. The number of aliphatic hydroxyl groups is 1. The standard InChI is InChI=1S/C21H25BrN4O3/c1-3-25(4-2)13-12-23-19(27)21(29)17-14-15(22)10-11-18(17)24-20(28)26(21)16-8-6-5-7-9-16/h5-11,14,29H,3-4,12-13H2,1-2H3,(H,23,27)(H,24,28)/t21-/m1/s1. The lowest BCUT2D eigenvalue weighted by molar-refractivity contribution is -0.140. The van der Waals surface area contributed by atoms with Crippen LogP contribution in [0.1, 0.15) is 19.4 Å². The van der Waals surface area contributed by atoms with Gasteiger partial charge in [-0.05, 0) is 43.4 Å². The number of para-hydroxylation sites is 1. The maximum absolute atomic E-state index is 13.3. The Morgan fingerprint density at radius 2 is 1.90 bits per heavy atom. The van der Waals surface area contributed by atoms with Crippen molar-refractivity contribution in [1.82, 2.24) is 10.2 Å². The third-order valence-corrected chi connectivity index (χ3v) is 5.56. The molecule has 1 atom stereocenters. The summed E-state index contributed by atoms with van der Waals surface area (Å²) in [6, 6.07) is 13.1. The van der Waals surface area contributed by atoms with Gasteiger partial charge in [0.05, 0.1) is 5.69 Å². The Labute approximate surface area is 178 Å². The minimum Gasteiger partial charge on any atom is -0.359 e. The Hall–Kier alpha value is -2.42. The molecule has 2 aromatic carbocycles. The third kappa shape index (κ3) is 4.14. The van der Waals surface area contributed by atoms with Gasteiger partial charge in [-0.25, -0.2) is 4.79 Å². The van der Waals surface area contributed by atoms with Crippen molar-refractivity contribution < 1.29 is 14.7 Å². The van der Waals surface area contributed by atoms with E-state index in [1.165, 1.54) is 0 Å². The first-order valence-corrected chi connectivity index (χ1v) is 10.4. The molecule has 1 aliphatic heterocycles. The highest BCUT2D eigenvalue weighted by Gasteiger charge is 2.52. The van der Waals surface area contributed by atoms with E-state index >= 15 is 0 Å². The van der Waals surface area contributed by atoms with Crippen molar-refractivity contribution in [1.29, 1.82) is 0 Å². The fourth-order valence-corrected chi connectivity index (χ4v) is 3.81. The van der Waals surface area contributed by atoms with Gasteiger partial charge in [-0.1, -0.05) is 48.0 Å². The van der Waals surface area contributed by atoms with E-state index < -0.39 is 17.7 Å². The molecule has 0 fully saturated rings. The Balaban J connectivity index is 2.00. The number of carbonyl (C=O) groups excluding carboxylic acids is 2. The SMILES string of the molecule is CCN(CC)CCNC(=O)[C@]1(O)c2cc(Br)ccc2NC(=O)N1c1ccccc1. The first kappa shape index (κ1) is 21.3. The lowest BCUT2D eigenvalue weighted by atomic mass is 9.95. The lowest BCUT2D eigenvalue weighted by Crippen LogP contribution is -2.63. The van der Waals surface area contributed by atoms with Crippen molar-refractivity contribution in [3.8, 4) is 0 Å². The number of carbonyl (C=O) groups is 2. The highest BCUT2D eigenvalue weighted by atomic mass is 79.9. The topological polar surface area (TPSA) is 84.9 Å². The minimum absolute atomic E-state index is 0.302. The smallest absolute Gasteiger partial charge is 0.329 e. The zero-order chi connectivity index (χ0) is 21.0. The maximum Gasteiger partial charge on any atom is 0.329 e. The Bertz CT molecular complexity index is 889. The van der Waals surface area contributed by atoms with Crippen LogP contribution in [0.2, 0.25) is 0 Å². The molecule has 8 heteroatoms. The number of hydrogen-bond donors (Lipinski definition) is 3. The molecule has 3 amide bonds. The molecule has 0 bridgehead atoms. The number of anilines is 2.